The molecule has 5 aromatic rings. The summed E-state index contributed by atoms with van der Waals surface area (Å²) in [5.74, 6) is 0.0881. The Hall–Kier alpha value is -3.62. The minimum atomic E-state index is -0.297. The Labute approximate surface area is 192 Å². The molecule has 0 bridgehead atoms. The van der Waals surface area contributed by atoms with Crippen molar-refractivity contribution in [3.05, 3.63) is 111 Å². The lowest BCUT2D eigenvalue weighted by atomic mass is 10.2. The highest BCUT2D eigenvalue weighted by molar-refractivity contribution is 7.73. The number of hydrogen-bond donors (Lipinski definition) is 1. The fraction of sp³-hybridized carbons (Fsp3) is 0.0417. The molecule has 32 heavy (non-hydrogen) atoms. The number of benzene rings is 3. The van der Waals surface area contributed by atoms with Gasteiger partial charge in [-0.25, -0.2) is 8.96 Å². The number of hydrogen-bond acceptors (Lipinski definition) is 5. The van der Waals surface area contributed by atoms with Crippen LogP contribution in [0.5, 0.6) is 0 Å². The zero-order valence-corrected chi connectivity index (χ0v) is 18.4. The molecule has 0 atom stereocenters. The number of aromatic nitrogens is 3. The molecule has 0 aliphatic heterocycles. The van der Waals surface area contributed by atoms with Crippen molar-refractivity contribution in [2.75, 3.05) is 5.32 Å². The summed E-state index contributed by atoms with van der Waals surface area (Å²) in [5, 5.41) is 3.26. The van der Waals surface area contributed by atoms with E-state index in [1.165, 1.54) is 23.5 Å². The predicted molar refractivity (Wildman–Crippen MR) is 129 cm³/mol. The largest absolute Gasteiger partial charge is 0.351 e. The van der Waals surface area contributed by atoms with E-state index in [1.807, 2.05) is 65.2 Å². The van der Waals surface area contributed by atoms with Crippen molar-refractivity contribution in [1.29, 1.82) is 0 Å². The van der Waals surface area contributed by atoms with Crippen molar-refractivity contribution < 1.29 is 4.39 Å². The Morgan fingerprint density at radius 3 is 2.09 bits per heavy atom. The number of anilines is 1. The summed E-state index contributed by atoms with van der Waals surface area (Å²) in [6, 6.07) is 25.2. The number of halogens is 1. The molecule has 1 N–H and O–H groups in total. The summed E-state index contributed by atoms with van der Waals surface area (Å²) in [6.07, 6.45) is 0. The van der Waals surface area contributed by atoms with Crippen molar-refractivity contribution in [2.45, 2.75) is 6.54 Å². The van der Waals surface area contributed by atoms with Crippen molar-refractivity contribution in [2.24, 2.45) is 0 Å². The van der Waals surface area contributed by atoms with Crippen LogP contribution in [-0.4, -0.2) is 14.1 Å². The summed E-state index contributed by atoms with van der Waals surface area (Å²) in [5.41, 5.74) is 2.71. The molecular weight excluding hydrogens is 443 g/mol. The number of rotatable bonds is 5. The van der Waals surface area contributed by atoms with Gasteiger partial charge in [0.25, 0.3) is 5.56 Å². The van der Waals surface area contributed by atoms with Crippen LogP contribution < -0.4 is 10.9 Å². The molecule has 0 saturated carbocycles. The monoisotopic (exact) mass is 460 g/mol. The van der Waals surface area contributed by atoms with Crippen LogP contribution in [-0.2, 0) is 6.54 Å². The van der Waals surface area contributed by atoms with Gasteiger partial charge in [-0.3, -0.25) is 9.36 Å². The Bertz CT molecular complexity index is 1510. The van der Waals surface area contributed by atoms with Gasteiger partial charge < -0.3 is 5.32 Å². The van der Waals surface area contributed by atoms with Gasteiger partial charge in [-0.15, -0.1) is 0 Å². The molecule has 5 rings (SSSR count). The first-order valence-corrected chi connectivity index (χ1v) is 11.1. The predicted octanol–water partition coefficient (Wildman–Crippen LogP) is 5.72. The lowest BCUT2D eigenvalue weighted by Crippen LogP contribution is -2.23. The van der Waals surface area contributed by atoms with E-state index >= 15 is 0 Å². The van der Waals surface area contributed by atoms with E-state index in [0.29, 0.717) is 32.5 Å². The number of para-hydroxylation sites is 2. The van der Waals surface area contributed by atoms with Gasteiger partial charge in [0.1, 0.15) is 10.5 Å². The van der Waals surface area contributed by atoms with Crippen LogP contribution in [0.1, 0.15) is 5.56 Å². The van der Waals surface area contributed by atoms with Crippen molar-refractivity contribution in [3.63, 3.8) is 0 Å². The van der Waals surface area contributed by atoms with E-state index in [4.69, 9.17) is 17.2 Å². The van der Waals surface area contributed by atoms with Crippen LogP contribution in [0.2, 0.25) is 0 Å². The van der Waals surface area contributed by atoms with E-state index in [2.05, 4.69) is 5.32 Å². The molecule has 0 fully saturated rings. The van der Waals surface area contributed by atoms with Gasteiger partial charge in [0.2, 0.25) is 5.95 Å². The minimum Gasteiger partial charge on any atom is -0.351 e. The van der Waals surface area contributed by atoms with Crippen LogP contribution in [0.4, 0.5) is 10.3 Å². The fourth-order valence-electron chi connectivity index (χ4n) is 3.48. The van der Waals surface area contributed by atoms with Gasteiger partial charge in [-0.05, 0) is 54.2 Å². The van der Waals surface area contributed by atoms with Crippen LogP contribution >= 0.6 is 23.6 Å². The molecule has 0 unspecified atom stereocenters. The van der Waals surface area contributed by atoms with Crippen LogP contribution in [0, 0.1) is 9.77 Å². The SMILES string of the molecule is O=c1c2sc(=S)n(-c3ccccc3)c2nc(NCc2ccc(F)cc2)n1-c1ccccc1. The summed E-state index contributed by atoms with van der Waals surface area (Å²) in [6.45, 7) is 0.376. The zero-order valence-electron chi connectivity index (χ0n) is 16.7. The maximum Gasteiger partial charge on any atom is 0.279 e. The Balaban J connectivity index is 1.71. The second-order valence-electron chi connectivity index (χ2n) is 7.08. The van der Waals surface area contributed by atoms with E-state index in [-0.39, 0.29) is 11.4 Å². The highest BCUT2D eigenvalue weighted by Crippen LogP contribution is 2.25. The van der Waals surface area contributed by atoms with E-state index in [0.717, 1.165) is 11.3 Å². The number of nitrogens with zero attached hydrogens (tertiary/aromatic N) is 3. The molecule has 0 aliphatic carbocycles. The number of thiazole rings is 1. The Morgan fingerprint density at radius 2 is 1.47 bits per heavy atom. The molecule has 0 amide bonds. The molecule has 3 aromatic carbocycles. The van der Waals surface area contributed by atoms with E-state index < -0.39 is 0 Å². The minimum absolute atomic E-state index is 0.200. The third-order valence-corrected chi connectivity index (χ3v) is 6.35. The van der Waals surface area contributed by atoms with Crippen LogP contribution in [0.3, 0.4) is 0 Å². The van der Waals surface area contributed by atoms with Gasteiger partial charge in [0, 0.05) is 12.2 Å². The average molecular weight is 461 g/mol. The fourth-order valence-corrected chi connectivity index (χ4v) is 4.78. The molecule has 0 saturated heterocycles. The summed E-state index contributed by atoms with van der Waals surface area (Å²) < 4.78 is 17.7. The molecule has 0 spiro atoms. The third-order valence-electron chi connectivity index (χ3n) is 5.00. The van der Waals surface area contributed by atoms with Gasteiger partial charge >= 0.3 is 0 Å². The first kappa shape index (κ1) is 20.3. The lowest BCUT2D eigenvalue weighted by molar-refractivity contribution is 0.627. The second-order valence-corrected chi connectivity index (χ2v) is 8.73. The summed E-state index contributed by atoms with van der Waals surface area (Å²) in [7, 11) is 0. The van der Waals surface area contributed by atoms with Crippen molar-refractivity contribution in [1.82, 2.24) is 14.1 Å². The molecule has 2 heterocycles. The number of fused-ring (bicyclic) bond motifs is 1. The molecule has 2 aromatic heterocycles. The van der Waals surface area contributed by atoms with Crippen molar-refractivity contribution >= 4 is 39.9 Å². The van der Waals surface area contributed by atoms with Crippen LogP contribution in [0.15, 0.2) is 89.7 Å². The molecule has 8 heteroatoms. The van der Waals surface area contributed by atoms with E-state index in [9.17, 15) is 9.18 Å². The maximum atomic E-state index is 13.6. The summed E-state index contributed by atoms with van der Waals surface area (Å²) in [4.78, 5) is 18.4. The van der Waals surface area contributed by atoms with E-state index in [1.54, 1.807) is 16.7 Å². The van der Waals surface area contributed by atoms with Crippen molar-refractivity contribution in [3.8, 4) is 11.4 Å². The van der Waals surface area contributed by atoms with Gasteiger partial charge in [0.05, 0.1) is 5.69 Å². The Kier molecular flexibility index (Phi) is 5.38. The molecule has 0 radical (unpaired) electrons. The van der Waals surface area contributed by atoms with Crippen LogP contribution in [0.25, 0.3) is 21.7 Å². The molecule has 5 nitrogen and oxygen atoms in total. The topological polar surface area (TPSA) is 51.9 Å². The summed E-state index contributed by atoms with van der Waals surface area (Å²) >= 11 is 6.83. The highest BCUT2D eigenvalue weighted by atomic mass is 32.1. The maximum absolute atomic E-state index is 13.6. The highest BCUT2D eigenvalue weighted by Gasteiger charge is 2.18. The average Bonchev–Trinajstić information content (AvgIpc) is 3.16. The zero-order chi connectivity index (χ0) is 22.1. The molecule has 0 aliphatic rings. The lowest BCUT2D eigenvalue weighted by Gasteiger charge is -2.15. The Morgan fingerprint density at radius 1 is 0.875 bits per heavy atom. The third kappa shape index (κ3) is 3.74. The first-order chi connectivity index (χ1) is 15.6. The second kappa shape index (κ2) is 8.49. The van der Waals surface area contributed by atoms with Gasteiger partial charge in [0.15, 0.2) is 9.60 Å². The smallest absolute Gasteiger partial charge is 0.279 e. The first-order valence-electron chi connectivity index (χ1n) is 9.89. The van der Waals surface area contributed by atoms with Gasteiger partial charge in [-0.2, -0.15) is 4.98 Å². The normalized spacial score (nSPS) is 11.0. The number of nitrogens with one attached hydrogen (secondary N) is 1. The molecular formula is C24H17FN4OS2. The quantitative estimate of drug-likeness (QED) is 0.341. The molecule has 158 valence electrons. The standard InChI is InChI=1S/C24H17FN4OS2/c25-17-13-11-16(12-14-17)15-26-23-27-21-20(22(30)29(23)19-9-5-2-6-10-19)32-24(31)28(21)18-7-3-1-4-8-18/h1-14H,15H2,(H,26,27). The van der Waals surface area contributed by atoms with Gasteiger partial charge in [-0.1, -0.05) is 59.9 Å².